The predicted molar refractivity (Wildman–Crippen MR) is 131 cm³/mol. The van der Waals surface area contributed by atoms with Crippen LogP contribution in [0.2, 0.25) is 0 Å². The molecule has 35 heavy (non-hydrogen) atoms. The lowest BCUT2D eigenvalue weighted by Crippen LogP contribution is -2.38. The Morgan fingerprint density at radius 2 is 1.34 bits per heavy atom. The molecule has 4 rings (SSSR count). The summed E-state index contributed by atoms with van der Waals surface area (Å²) < 4.78 is 27.8. The SMILES string of the molecule is O=C(NCC(=O)N1CCCC1)c1ccc(S(=O)(=O)N(C(=O)c2ccccc2)c2ccccc2)cc1. The Bertz CT molecular complexity index is 1300. The molecule has 8 nitrogen and oxygen atoms in total. The zero-order valence-corrected chi connectivity index (χ0v) is 19.8. The van der Waals surface area contributed by atoms with Gasteiger partial charge in [-0.15, -0.1) is 0 Å². The summed E-state index contributed by atoms with van der Waals surface area (Å²) in [6.45, 7) is 1.27. The molecular formula is C26H25N3O5S. The molecule has 0 radical (unpaired) electrons. The third kappa shape index (κ3) is 5.41. The highest BCUT2D eigenvalue weighted by Crippen LogP contribution is 2.26. The maximum atomic E-state index is 13.5. The molecule has 1 fully saturated rings. The van der Waals surface area contributed by atoms with Crippen LogP contribution in [0, 0.1) is 0 Å². The van der Waals surface area contributed by atoms with Crippen LogP contribution in [0.3, 0.4) is 0 Å². The molecule has 1 aliphatic heterocycles. The zero-order chi connectivity index (χ0) is 24.8. The van der Waals surface area contributed by atoms with Crippen molar-refractivity contribution in [3.05, 3.63) is 96.1 Å². The molecule has 3 aromatic rings. The standard InChI is InChI=1S/C26H25N3O5S/c30-24(28-17-7-8-18-28)19-27-25(31)20-13-15-23(16-14-20)35(33,34)29(22-11-5-2-6-12-22)26(32)21-9-3-1-4-10-21/h1-6,9-16H,7-8,17-19H2,(H,27,31). The molecular weight excluding hydrogens is 466 g/mol. The van der Waals surface area contributed by atoms with Crippen molar-refractivity contribution >= 4 is 33.4 Å². The van der Waals surface area contributed by atoms with Gasteiger partial charge in [0.1, 0.15) is 0 Å². The first kappa shape index (κ1) is 24.2. The largest absolute Gasteiger partial charge is 0.343 e. The molecule has 0 bridgehead atoms. The van der Waals surface area contributed by atoms with Crippen LogP contribution in [0.5, 0.6) is 0 Å². The van der Waals surface area contributed by atoms with Gasteiger partial charge in [0.15, 0.2) is 0 Å². The monoisotopic (exact) mass is 491 g/mol. The van der Waals surface area contributed by atoms with E-state index in [1.165, 1.54) is 36.4 Å². The topological polar surface area (TPSA) is 104 Å². The van der Waals surface area contributed by atoms with E-state index in [0.717, 1.165) is 17.1 Å². The lowest BCUT2D eigenvalue weighted by molar-refractivity contribution is -0.129. The minimum absolute atomic E-state index is 0.119. The quantitative estimate of drug-likeness (QED) is 0.547. The number of likely N-dealkylation sites (tertiary alicyclic amines) is 1. The van der Waals surface area contributed by atoms with Gasteiger partial charge in [-0.25, -0.2) is 8.42 Å². The van der Waals surface area contributed by atoms with Crippen molar-refractivity contribution in [3.8, 4) is 0 Å². The molecule has 0 saturated carbocycles. The van der Waals surface area contributed by atoms with Crippen LogP contribution in [0.15, 0.2) is 89.8 Å². The van der Waals surface area contributed by atoms with E-state index in [4.69, 9.17) is 0 Å². The molecule has 9 heteroatoms. The van der Waals surface area contributed by atoms with E-state index in [1.807, 2.05) is 0 Å². The number of sulfonamides is 1. The number of carbonyl (C=O) groups is 3. The van der Waals surface area contributed by atoms with Gasteiger partial charge in [-0.1, -0.05) is 36.4 Å². The molecule has 3 aromatic carbocycles. The number of benzene rings is 3. The Morgan fingerprint density at radius 1 is 0.771 bits per heavy atom. The average Bonchev–Trinajstić information content (AvgIpc) is 3.43. The second kappa shape index (κ2) is 10.5. The van der Waals surface area contributed by atoms with E-state index in [0.29, 0.717) is 13.1 Å². The number of hydrogen-bond acceptors (Lipinski definition) is 5. The zero-order valence-electron chi connectivity index (χ0n) is 19.0. The number of anilines is 1. The van der Waals surface area contributed by atoms with Gasteiger partial charge in [0.2, 0.25) is 5.91 Å². The summed E-state index contributed by atoms with van der Waals surface area (Å²) in [7, 11) is -4.29. The summed E-state index contributed by atoms with van der Waals surface area (Å²) in [5.74, 6) is -1.33. The van der Waals surface area contributed by atoms with Gasteiger partial charge in [0.25, 0.3) is 21.8 Å². The second-order valence-electron chi connectivity index (χ2n) is 8.07. The van der Waals surface area contributed by atoms with Crippen molar-refractivity contribution in [1.82, 2.24) is 10.2 Å². The van der Waals surface area contributed by atoms with Gasteiger partial charge in [-0.3, -0.25) is 14.4 Å². The van der Waals surface area contributed by atoms with E-state index in [9.17, 15) is 22.8 Å². The van der Waals surface area contributed by atoms with Gasteiger partial charge in [0.05, 0.1) is 17.1 Å². The highest BCUT2D eigenvalue weighted by atomic mass is 32.2. The first-order chi connectivity index (χ1) is 16.9. The number of nitrogens with zero attached hydrogens (tertiary/aromatic N) is 2. The van der Waals surface area contributed by atoms with E-state index in [1.54, 1.807) is 53.4 Å². The molecule has 0 unspecified atom stereocenters. The van der Waals surface area contributed by atoms with Crippen molar-refractivity contribution in [1.29, 1.82) is 0 Å². The first-order valence-electron chi connectivity index (χ1n) is 11.2. The molecule has 0 spiro atoms. The fourth-order valence-corrected chi connectivity index (χ4v) is 5.26. The van der Waals surface area contributed by atoms with Crippen molar-refractivity contribution in [2.24, 2.45) is 0 Å². The minimum atomic E-state index is -4.29. The Kier molecular flexibility index (Phi) is 7.26. The minimum Gasteiger partial charge on any atom is -0.343 e. The summed E-state index contributed by atoms with van der Waals surface area (Å²) in [5, 5.41) is 2.58. The molecule has 180 valence electrons. The molecule has 0 aromatic heterocycles. The van der Waals surface area contributed by atoms with Crippen LogP contribution in [-0.4, -0.2) is 50.7 Å². The molecule has 1 saturated heterocycles. The van der Waals surface area contributed by atoms with Gasteiger partial charge in [-0.2, -0.15) is 4.31 Å². The van der Waals surface area contributed by atoms with Gasteiger partial charge >= 0.3 is 0 Å². The maximum Gasteiger partial charge on any atom is 0.272 e. The number of para-hydroxylation sites is 1. The molecule has 3 amide bonds. The van der Waals surface area contributed by atoms with Crippen molar-refractivity contribution in [2.75, 3.05) is 23.9 Å². The predicted octanol–water partition coefficient (Wildman–Crippen LogP) is 3.07. The fraction of sp³-hybridized carbons (Fsp3) is 0.192. The van der Waals surface area contributed by atoms with Crippen molar-refractivity contribution in [3.63, 3.8) is 0 Å². The number of carbonyl (C=O) groups excluding carboxylic acids is 3. The van der Waals surface area contributed by atoms with Crippen LogP contribution < -0.4 is 9.62 Å². The van der Waals surface area contributed by atoms with Gasteiger partial charge < -0.3 is 10.2 Å². The summed E-state index contributed by atoms with van der Waals surface area (Å²) in [4.78, 5) is 39.4. The van der Waals surface area contributed by atoms with Crippen LogP contribution in [0.1, 0.15) is 33.6 Å². The molecule has 0 aliphatic carbocycles. The fourth-order valence-electron chi connectivity index (χ4n) is 3.85. The van der Waals surface area contributed by atoms with E-state index < -0.39 is 21.8 Å². The first-order valence-corrected chi connectivity index (χ1v) is 12.7. The molecule has 1 aliphatic rings. The smallest absolute Gasteiger partial charge is 0.272 e. The molecule has 1 N–H and O–H groups in total. The van der Waals surface area contributed by atoms with E-state index in [2.05, 4.69) is 5.32 Å². The summed E-state index contributed by atoms with van der Waals surface area (Å²) >= 11 is 0. The van der Waals surface area contributed by atoms with Crippen molar-refractivity contribution in [2.45, 2.75) is 17.7 Å². The average molecular weight is 492 g/mol. The number of nitrogens with one attached hydrogen (secondary N) is 1. The second-order valence-corrected chi connectivity index (χ2v) is 9.86. The summed E-state index contributed by atoms with van der Waals surface area (Å²) in [6, 6.07) is 21.5. The Labute approximate surface area is 204 Å². The Hall–Kier alpha value is -3.98. The lowest BCUT2D eigenvalue weighted by Gasteiger charge is -2.23. The third-order valence-corrected chi connectivity index (χ3v) is 7.43. The Morgan fingerprint density at radius 3 is 1.94 bits per heavy atom. The van der Waals surface area contributed by atoms with Gasteiger partial charge in [-0.05, 0) is 61.4 Å². The van der Waals surface area contributed by atoms with E-state index in [-0.39, 0.29) is 34.2 Å². The molecule has 1 heterocycles. The molecule has 0 atom stereocenters. The lowest BCUT2D eigenvalue weighted by atomic mass is 10.2. The van der Waals surface area contributed by atoms with Gasteiger partial charge in [0, 0.05) is 24.2 Å². The number of rotatable bonds is 7. The highest BCUT2D eigenvalue weighted by molar-refractivity contribution is 7.93. The normalized spacial score (nSPS) is 13.3. The summed E-state index contributed by atoms with van der Waals surface area (Å²) in [6.07, 6.45) is 1.92. The Balaban J connectivity index is 1.55. The third-order valence-electron chi connectivity index (χ3n) is 5.71. The van der Waals surface area contributed by atoms with Crippen LogP contribution >= 0.6 is 0 Å². The number of hydrogen-bond donors (Lipinski definition) is 1. The highest BCUT2D eigenvalue weighted by Gasteiger charge is 2.32. The maximum absolute atomic E-state index is 13.5. The van der Waals surface area contributed by atoms with Crippen LogP contribution in [0.25, 0.3) is 0 Å². The summed E-state index contributed by atoms with van der Waals surface area (Å²) in [5.41, 5.74) is 0.626. The van der Waals surface area contributed by atoms with Crippen LogP contribution in [0.4, 0.5) is 5.69 Å². The van der Waals surface area contributed by atoms with E-state index >= 15 is 0 Å². The van der Waals surface area contributed by atoms with Crippen LogP contribution in [-0.2, 0) is 14.8 Å². The number of amides is 3. The van der Waals surface area contributed by atoms with Crippen molar-refractivity contribution < 1.29 is 22.8 Å².